The molecular weight excluding hydrogens is 188 g/mol. The van der Waals surface area contributed by atoms with E-state index in [1.165, 1.54) is 5.39 Å². The number of hydrogen-bond acceptors (Lipinski definition) is 2. The van der Waals surface area contributed by atoms with Crippen LogP contribution in [-0.4, -0.2) is 23.7 Å². The van der Waals surface area contributed by atoms with Crippen molar-refractivity contribution >= 4 is 10.9 Å². The lowest BCUT2D eigenvalue weighted by atomic mass is 10.0. The average molecular weight is 202 g/mol. The van der Waals surface area contributed by atoms with Crippen molar-refractivity contribution in [3.8, 4) is 5.88 Å². The quantitative estimate of drug-likeness (QED) is 0.780. The fourth-order valence-corrected chi connectivity index (χ4v) is 1.92. The molecule has 3 heteroatoms. The summed E-state index contributed by atoms with van der Waals surface area (Å²) in [6, 6.07) is 10.3. The van der Waals surface area contributed by atoms with E-state index in [0.29, 0.717) is 0 Å². The number of nitrogens with one attached hydrogen (secondary N) is 2. The number of ether oxygens (including phenoxy) is 1. The van der Waals surface area contributed by atoms with Crippen molar-refractivity contribution in [2.45, 2.75) is 12.5 Å². The van der Waals surface area contributed by atoms with E-state index in [1.807, 2.05) is 12.1 Å². The zero-order chi connectivity index (χ0) is 10.3. The van der Waals surface area contributed by atoms with Crippen LogP contribution in [0.3, 0.4) is 0 Å². The molecule has 15 heavy (non-hydrogen) atoms. The van der Waals surface area contributed by atoms with Gasteiger partial charge in [0.15, 0.2) is 5.88 Å². The van der Waals surface area contributed by atoms with Crippen molar-refractivity contribution in [3.63, 3.8) is 0 Å². The smallest absolute Gasteiger partial charge is 0.192 e. The summed E-state index contributed by atoms with van der Waals surface area (Å²) in [5.41, 5.74) is 1.09. The lowest BCUT2D eigenvalue weighted by Gasteiger charge is -2.38. The van der Waals surface area contributed by atoms with Gasteiger partial charge in [0.1, 0.15) is 5.60 Å². The third kappa shape index (κ3) is 1.49. The van der Waals surface area contributed by atoms with Gasteiger partial charge >= 0.3 is 0 Å². The summed E-state index contributed by atoms with van der Waals surface area (Å²) < 4.78 is 5.90. The predicted molar refractivity (Wildman–Crippen MR) is 60.2 cm³/mol. The second-order valence-electron chi connectivity index (χ2n) is 4.38. The van der Waals surface area contributed by atoms with Crippen LogP contribution in [0.2, 0.25) is 0 Å². The first-order valence-electron chi connectivity index (χ1n) is 5.23. The highest BCUT2D eigenvalue weighted by molar-refractivity contribution is 5.81. The van der Waals surface area contributed by atoms with Crippen molar-refractivity contribution in [1.29, 1.82) is 0 Å². The molecule has 78 valence electrons. The molecule has 1 aliphatic rings. The summed E-state index contributed by atoms with van der Waals surface area (Å²) in [7, 11) is 0. The number of hydrogen-bond donors (Lipinski definition) is 2. The topological polar surface area (TPSA) is 37.0 Å². The van der Waals surface area contributed by atoms with E-state index >= 15 is 0 Å². The Bertz CT molecular complexity index is 452. The number of benzene rings is 1. The third-order valence-electron chi connectivity index (χ3n) is 2.86. The van der Waals surface area contributed by atoms with E-state index in [-0.39, 0.29) is 5.60 Å². The zero-order valence-electron chi connectivity index (χ0n) is 8.71. The van der Waals surface area contributed by atoms with Gasteiger partial charge in [-0.05, 0) is 13.0 Å². The Hall–Kier alpha value is -1.48. The fraction of sp³-hybridized carbons (Fsp3) is 0.333. The van der Waals surface area contributed by atoms with Crippen LogP contribution >= 0.6 is 0 Å². The van der Waals surface area contributed by atoms with Crippen molar-refractivity contribution in [3.05, 3.63) is 30.3 Å². The molecule has 1 aliphatic heterocycles. The number of aromatic nitrogens is 1. The second-order valence-corrected chi connectivity index (χ2v) is 4.38. The van der Waals surface area contributed by atoms with Gasteiger partial charge in [-0.1, -0.05) is 18.2 Å². The minimum absolute atomic E-state index is 0.0408. The highest BCUT2D eigenvalue weighted by Gasteiger charge is 2.34. The van der Waals surface area contributed by atoms with E-state index in [4.69, 9.17) is 4.74 Å². The van der Waals surface area contributed by atoms with Crippen molar-refractivity contribution < 1.29 is 4.74 Å². The van der Waals surface area contributed by atoms with E-state index < -0.39 is 0 Å². The van der Waals surface area contributed by atoms with Crippen LogP contribution in [0.4, 0.5) is 0 Å². The number of aromatic amines is 1. The highest BCUT2D eigenvalue weighted by Crippen LogP contribution is 2.25. The van der Waals surface area contributed by atoms with Gasteiger partial charge in [-0.3, -0.25) is 0 Å². The molecule has 0 amide bonds. The van der Waals surface area contributed by atoms with Crippen LogP contribution in [0.5, 0.6) is 5.88 Å². The monoisotopic (exact) mass is 202 g/mol. The molecule has 2 aromatic rings. The van der Waals surface area contributed by atoms with Crippen LogP contribution in [0.15, 0.2) is 30.3 Å². The summed E-state index contributed by atoms with van der Waals surface area (Å²) in [4.78, 5) is 3.27. The molecule has 1 aromatic heterocycles. The summed E-state index contributed by atoms with van der Waals surface area (Å²) in [5.74, 6) is 0.861. The van der Waals surface area contributed by atoms with E-state index in [1.54, 1.807) is 0 Å². The van der Waals surface area contributed by atoms with Crippen LogP contribution in [-0.2, 0) is 0 Å². The Morgan fingerprint density at radius 2 is 2.07 bits per heavy atom. The molecule has 2 heterocycles. The maximum atomic E-state index is 5.90. The molecule has 0 unspecified atom stereocenters. The molecule has 0 bridgehead atoms. The summed E-state index contributed by atoms with van der Waals surface area (Å²) in [6.45, 7) is 3.96. The van der Waals surface area contributed by atoms with E-state index in [9.17, 15) is 0 Å². The minimum atomic E-state index is -0.0408. The van der Waals surface area contributed by atoms with Gasteiger partial charge in [0.05, 0.1) is 0 Å². The maximum absolute atomic E-state index is 5.90. The molecule has 1 saturated heterocycles. The molecular formula is C12H14N2O. The molecule has 0 radical (unpaired) electrons. The number of rotatable bonds is 2. The first-order valence-corrected chi connectivity index (χ1v) is 5.23. The Morgan fingerprint density at radius 1 is 1.27 bits per heavy atom. The first-order chi connectivity index (χ1) is 7.25. The molecule has 0 atom stereocenters. The van der Waals surface area contributed by atoms with Crippen molar-refractivity contribution in [1.82, 2.24) is 10.3 Å². The highest BCUT2D eigenvalue weighted by atomic mass is 16.5. The second kappa shape index (κ2) is 3.00. The Kier molecular flexibility index (Phi) is 1.76. The third-order valence-corrected chi connectivity index (χ3v) is 2.86. The molecule has 2 N–H and O–H groups in total. The van der Waals surface area contributed by atoms with Gasteiger partial charge in [0.2, 0.25) is 0 Å². The van der Waals surface area contributed by atoms with Gasteiger partial charge in [0, 0.05) is 30.1 Å². The SMILES string of the molecule is CC1(Oc2cc3ccccc3[nH]2)CNC1. The van der Waals surface area contributed by atoms with E-state index in [0.717, 1.165) is 24.5 Å². The predicted octanol–water partition coefficient (Wildman–Crippen LogP) is 1.91. The molecule has 0 aliphatic carbocycles. The first kappa shape index (κ1) is 8.80. The molecule has 0 saturated carbocycles. The Balaban J connectivity index is 1.91. The van der Waals surface area contributed by atoms with Crippen LogP contribution < -0.4 is 10.1 Å². The summed E-state index contributed by atoms with van der Waals surface area (Å²) in [6.07, 6.45) is 0. The van der Waals surface area contributed by atoms with Gasteiger partial charge in [-0.25, -0.2) is 0 Å². The van der Waals surface area contributed by atoms with Crippen LogP contribution in [0.25, 0.3) is 10.9 Å². The van der Waals surface area contributed by atoms with Gasteiger partial charge in [-0.15, -0.1) is 0 Å². The molecule has 3 nitrogen and oxygen atoms in total. The van der Waals surface area contributed by atoms with Crippen LogP contribution in [0.1, 0.15) is 6.92 Å². The Morgan fingerprint density at radius 3 is 2.73 bits per heavy atom. The average Bonchev–Trinajstić information content (AvgIpc) is 2.57. The van der Waals surface area contributed by atoms with Crippen molar-refractivity contribution in [2.24, 2.45) is 0 Å². The molecule has 1 fully saturated rings. The van der Waals surface area contributed by atoms with Crippen molar-refractivity contribution in [2.75, 3.05) is 13.1 Å². The van der Waals surface area contributed by atoms with Crippen LogP contribution in [0, 0.1) is 0 Å². The largest absolute Gasteiger partial charge is 0.470 e. The standard InChI is InChI=1S/C12H14N2O/c1-12(7-13-8-12)15-11-6-9-4-2-3-5-10(9)14-11/h2-6,13-14H,7-8H2,1H3. The number of fused-ring (bicyclic) bond motifs is 1. The fourth-order valence-electron chi connectivity index (χ4n) is 1.92. The Labute approximate surface area is 88.4 Å². The number of para-hydroxylation sites is 1. The normalized spacial score (nSPS) is 18.7. The van der Waals surface area contributed by atoms with Gasteiger partial charge in [0.25, 0.3) is 0 Å². The molecule has 1 aromatic carbocycles. The van der Waals surface area contributed by atoms with E-state index in [2.05, 4.69) is 35.4 Å². The molecule has 3 rings (SSSR count). The summed E-state index contributed by atoms with van der Waals surface area (Å²) >= 11 is 0. The molecule has 0 spiro atoms. The lowest BCUT2D eigenvalue weighted by Crippen LogP contribution is -2.61. The van der Waals surface area contributed by atoms with Gasteiger partial charge in [-0.2, -0.15) is 0 Å². The minimum Gasteiger partial charge on any atom is -0.470 e. The maximum Gasteiger partial charge on any atom is 0.192 e. The van der Waals surface area contributed by atoms with Gasteiger partial charge < -0.3 is 15.0 Å². The summed E-state index contributed by atoms with van der Waals surface area (Å²) in [5, 5.41) is 4.41. The zero-order valence-corrected chi connectivity index (χ0v) is 8.71. The number of H-pyrrole nitrogens is 1. The lowest BCUT2D eigenvalue weighted by molar-refractivity contribution is 0.0312.